The molecule has 1 saturated heterocycles. The highest BCUT2D eigenvalue weighted by molar-refractivity contribution is 5.90. The van der Waals surface area contributed by atoms with Crippen LogP contribution in [0, 0.1) is 0 Å². The number of methoxy groups -OCH3 is 1. The highest BCUT2D eigenvalue weighted by atomic mass is 16.5. The summed E-state index contributed by atoms with van der Waals surface area (Å²) >= 11 is 0. The second-order valence-corrected chi connectivity index (χ2v) is 3.68. The first-order chi connectivity index (χ1) is 6.99. The fourth-order valence-electron chi connectivity index (χ4n) is 1.34. The smallest absolute Gasteiger partial charge is 0.328 e. The van der Waals surface area contributed by atoms with Crippen molar-refractivity contribution in [2.75, 3.05) is 20.3 Å². The largest absolute Gasteiger partial charge is 0.467 e. The number of hydrogen-bond donors (Lipinski definition) is 2. The molecule has 1 aliphatic rings. The Labute approximate surface area is 88.1 Å². The van der Waals surface area contributed by atoms with Gasteiger partial charge in [-0.05, 0) is 13.3 Å². The van der Waals surface area contributed by atoms with Gasteiger partial charge in [0, 0.05) is 6.61 Å². The number of nitrogens with two attached hydrogens (primary N) is 1. The van der Waals surface area contributed by atoms with Crippen molar-refractivity contribution in [2.24, 2.45) is 5.73 Å². The maximum Gasteiger partial charge on any atom is 0.328 e. The molecule has 3 N–H and O–H groups in total. The van der Waals surface area contributed by atoms with Crippen LogP contribution in [0.25, 0.3) is 0 Å². The summed E-state index contributed by atoms with van der Waals surface area (Å²) in [5.41, 5.74) is 4.79. The quantitative estimate of drug-likeness (QED) is 0.577. The SMILES string of the molecule is COC(=O)[C@H](C)NC(=O)C1(N)CCOC1. The van der Waals surface area contributed by atoms with Crippen LogP contribution in [0.3, 0.4) is 0 Å². The topological polar surface area (TPSA) is 90.7 Å². The second-order valence-electron chi connectivity index (χ2n) is 3.68. The molecule has 0 aliphatic carbocycles. The van der Waals surface area contributed by atoms with Gasteiger partial charge in [-0.15, -0.1) is 0 Å². The Morgan fingerprint density at radius 2 is 2.27 bits per heavy atom. The summed E-state index contributed by atoms with van der Waals surface area (Å²) < 4.78 is 9.53. The minimum absolute atomic E-state index is 0.187. The average Bonchev–Trinajstić information content (AvgIpc) is 2.65. The summed E-state index contributed by atoms with van der Waals surface area (Å²) in [5.74, 6) is -0.872. The lowest BCUT2D eigenvalue weighted by Gasteiger charge is -2.22. The number of rotatable bonds is 3. The van der Waals surface area contributed by atoms with Crippen LogP contribution < -0.4 is 11.1 Å². The van der Waals surface area contributed by atoms with E-state index >= 15 is 0 Å². The van der Waals surface area contributed by atoms with Crippen LogP contribution in [0.5, 0.6) is 0 Å². The molecular formula is C9H16N2O4. The maximum absolute atomic E-state index is 11.7. The Hall–Kier alpha value is -1.14. The van der Waals surface area contributed by atoms with Crippen molar-refractivity contribution in [1.82, 2.24) is 5.32 Å². The van der Waals surface area contributed by atoms with Crippen molar-refractivity contribution in [3.63, 3.8) is 0 Å². The van der Waals surface area contributed by atoms with Crippen molar-refractivity contribution in [3.8, 4) is 0 Å². The molecule has 6 nitrogen and oxygen atoms in total. The van der Waals surface area contributed by atoms with Gasteiger partial charge in [0.2, 0.25) is 5.91 Å². The molecule has 1 fully saturated rings. The van der Waals surface area contributed by atoms with E-state index in [9.17, 15) is 9.59 Å². The van der Waals surface area contributed by atoms with E-state index in [0.29, 0.717) is 13.0 Å². The number of ether oxygens (including phenoxy) is 2. The van der Waals surface area contributed by atoms with Gasteiger partial charge in [0.1, 0.15) is 11.6 Å². The number of nitrogens with one attached hydrogen (secondary N) is 1. The molecule has 0 aromatic rings. The van der Waals surface area contributed by atoms with E-state index in [1.165, 1.54) is 7.11 Å². The molecule has 1 amide bonds. The Morgan fingerprint density at radius 3 is 2.73 bits per heavy atom. The first-order valence-corrected chi connectivity index (χ1v) is 4.75. The van der Waals surface area contributed by atoms with Gasteiger partial charge in [0.25, 0.3) is 0 Å². The van der Waals surface area contributed by atoms with E-state index in [1.54, 1.807) is 6.92 Å². The maximum atomic E-state index is 11.7. The van der Waals surface area contributed by atoms with Crippen LogP contribution in [0.2, 0.25) is 0 Å². The Balaban J connectivity index is 2.51. The van der Waals surface area contributed by atoms with Gasteiger partial charge in [0.15, 0.2) is 0 Å². The summed E-state index contributed by atoms with van der Waals surface area (Å²) in [6.45, 7) is 2.20. The zero-order chi connectivity index (χ0) is 11.5. The van der Waals surface area contributed by atoms with Crippen LogP contribution in [0.4, 0.5) is 0 Å². The average molecular weight is 216 g/mol. The van der Waals surface area contributed by atoms with Gasteiger partial charge in [-0.2, -0.15) is 0 Å². The lowest BCUT2D eigenvalue weighted by atomic mass is 9.99. The number of amides is 1. The molecule has 1 aliphatic heterocycles. The third kappa shape index (κ3) is 2.66. The molecule has 1 unspecified atom stereocenters. The molecule has 15 heavy (non-hydrogen) atoms. The summed E-state index contributed by atoms with van der Waals surface area (Å²) in [5, 5.41) is 2.49. The van der Waals surface area contributed by atoms with Gasteiger partial charge in [-0.1, -0.05) is 0 Å². The minimum atomic E-state index is -1.01. The van der Waals surface area contributed by atoms with E-state index in [4.69, 9.17) is 10.5 Å². The van der Waals surface area contributed by atoms with Gasteiger partial charge < -0.3 is 20.5 Å². The molecule has 1 rings (SSSR count). The molecular weight excluding hydrogens is 200 g/mol. The van der Waals surface area contributed by atoms with Gasteiger partial charge >= 0.3 is 5.97 Å². The van der Waals surface area contributed by atoms with Crippen LogP contribution in [-0.2, 0) is 19.1 Å². The van der Waals surface area contributed by atoms with E-state index in [2.05, 4.69) is 10.1 Å². The zero-order valence-corrected chi connectivity index (χ0v) is 8.91. The Morgan fingerprint density at radius 1 is 1.60 bits per heavy atom. The Kier molecular flexibility index (Phi) is 3.65. The predicted octanol–water partition coefficient (Wildman–Crippen LogP) is -1.22. The molecule has 6 heteroatoms. The summed E-state index contributed by atoms with van der Waals surface area (Å²) in [7, 11) is 1.27. The number of carbonyl (C=O) groups is 2. The van der Waals surface area contributed by atoms with Crippen LogP contribution >= 0.6 is 0 Å². The van der Waals surface area contributed by atoms with Crippen molar-refractivity contribution in [3.05, 3.63) is 0 Å². The van der Waals surface area contributed by atoms with E-state index in [1.807, 2.05) is 0 Å². The van der Waals surface area contributed by atoms with Crippen molar-refractivity contribution >= 4 is 11.9 Å². The normalized spacial score (nSPS) is 27.1. The van der Waals surface area contributed by atoms with Gasteiger partial charge in [0.05, 0.1) is 13.7 Å². The molecule has 1 heterocycles. The fraction of sp³-hybridized carbons (Fsp3) is 0.778. The predicted molar refractivity (Wildman–Crippen MR) is 52.0 cm³/mol. The van der Waals surface area contributed by atoms with E-state index in [0.717, 1.165) is 0 Å². The van der Waals surface area contributed by atoms with E-state index in [-0.39, 0.29) is 12.5 Å². The molecule has 86 valence electrons. The molecule has 0 saturated carbocycles. The van der Waals surface area contributed by atoms with Crippen LogP contribution in [-0.4, -0.2) is 43.8 Å². The summed E-state index contributed by atoms with van der Waals surface area (Å²) in [6, 6.07) is -0.691. The molecule has 0 radical (unpaired) electrons. The molecule has 0 aromatic carbocycles. The standard InChI is InChI=1S/C9H16N2O4/c1-6(7(12)14-2)11-8(13)9(10)3-4-15-5-9/h6H,3-5,10H2,1-2H3,(H,11,13)/t6-,9?/m0/s1. The van der Waals surface area contributed by atoms with Crippen molar-refractivity contribution in [2.45, 2.75) is 24.9 Å². The van der Waals surface area contributed by atoms with Gasteiger partial charge in [-0.3, -0.25) is 4.79 Å². The first kappa shape index (κ1) is 11.9. The lowest BCUT2D eigenvalue weighted by Crippen LogP contribution is -2.57. The number of hydrogen-bond acceptors (Lipinski definition) is 5. The Bertz CT molecular complexity index is 261. The third-order valence-corrected chi connectivity index (χ3v) is 2.41. The molecule has 0 aromatic heterocycles. The number of esters is 1. The molecule has 0 bridgehead atoms. The fourth-order valence-corrected chi connectivity index (χ4v) is 1.34. The number of carbonyl (C=O) groups excluding carboxylic acids is 2. The van der Waals surface area contributed by atoms with Crippen molar-refractivity contribution in [1.29, 1.82) is 0 Å². The molecule has 0 spiro atoms. The van der Waals surface area contributed by atoms with Crippen LogP contribution in [0.1, 0.15) is 13.3 Å². The first-order valence-electron chi connectivity index (χ1n) is 4.75. The summed E-state index contributed by atoms with van der Waals surface area (Å²) in [6.07, 6.45) is 0.465. The molecule has 2 atom stereocenters. The highest BCUT2D eigenvalue weighted by Gasteiger charge is 2.39. The lowest BCUT2D eigenvalue weighted by molar-refractivity contribution is -0.145. The third-order valence-electron chi connectivity index (χ3n) is 2.41. The zero-order valence-electron chi connectivity index (χ0n) is 8.91. The highest BCUT2D eigenvalue weighted by Crippen LogP contribution is 2.15. The second kappa shape index (κ2) is 4.59. The van der Waals surface area contributed by atoms with Gasteiger partial charge in [-0.25, -0.2) is 4.79 Å². The monoisotopic (exact) mass is 216 g/mol. The van der Waals surface area contributed by atoms with Crippen molar-refractivity contribution < 1.29 is 19.1 Å². The summed E-state index contributed by atoms with van der Waals surface area (Å²) in [4.78, 5) is 22.7. The van der Waals surface area contributed by atoms with E-state index < -0.39 is 17.6 Å². The van der Waals surface area contributed by atoms with Crippen LogP contribution in [0.15, 0.2) is 0 Å². The minimum Gasteiger partial charge on any atom is -0.467 e.